The number of fused-ring (bicyclic) bond motifs is 1. The summed E-state index contributed by atoms with van der Waals surface area (Å²) in [5, 5.41) is 0. The molecule has 1 fully saturated rings. The monoisotopic (exact) mass is 269 g/mol. The number of benzene rings is 1. The lowest BCUT2D eigenvalue weighted by Crippen LogP contribution is -2.42. The van der Waals surface area contributed by atoms with Gasteiger partial charge in [-0.05, 0) is 25.0 Å². The Morgan fingerprint density at radius 3 is 2.53 bits per heavy atom. The lowest BCUT2D eigenvalue weighted by molar-refractivity contribution is 0.142. The molecule has 0 amide bonds. The molecule has 0 atom stereocenters. The van der Waals surface area contributed by atoms with Crippen molar-refractivity contribution < 1.29 is 18.3 Å². The van der Waals surface area contributed by atoms with Crippen molar-refractivity contribution in [1.82, 2.24) is 0 Å². The van der Waals surface area contributed by atoms with E-state index in [1.807, 2.05) is 0 Å². The summed E-state index contributed by atoms with van der Waals surface area (Å²) in [6.07, 6.45) is 0.411. The first-order chi connectivity index (χ1) is 9.16. The van der Waals surface area contributed by atoms with E-state index in [0.717, 1.165) is 24.8 Å². The summed E-state index contributed by atoms with van der Waals surface area (Å²) < 4.78 is 37.1. The maximum absolute atomic E-state index is 13.0. The fourth-order valence-corrected chi connectivity index (χ4v) is 2.88. The standard InChI is InChI=1S/C14H17F2NO2/c15-13(16)9-6-10(14(8-17)2-1-3-14)12-11(7-9)18-4-5-19-12/h6-7,13H,1-5,8,17H2. The molecule has 1 aliphatic carbocycles. The number of alkyl halides is 2. The third-order valence-electron chi connectivity index (χ3n) is 4.19. The van der Waals surface area contributed by atoms with E-state index in [2.05, 4.69) is 0 Å². The molecule has 3 nitrogen and oxygen atoms in total. The van der Waals surface area contributed by atoms with E-state index in [0.29, 0.717) is 31.3 Å². The Kier molecular flexibility index (Phi) is 3.09. The van der Waals surface area contributed by atoms with Gasteiger partial charge in [-0.3, -0.25) is 0 Å². The predicted molar refractivity (Wildman–Crippen MR) is 67.0 cm³/mol. The second-order valence-corrected chi connectivity index (χ2v) is 5.23. The quantitative estimate of drug-likeness (QED) is 0.917. The Balaban J connectivity index is 2.12. The molecule has 1 aliphatic heterocycles. The van der Waals surface area contributed by atoms with Crippen molar-refractivity contribution in [1.29, 1.82) is 0 Å². The molecule has 0 bridgehead atoms. The van der Waals surface area contributed by atoms with Gasteiger partial charge in [0.2, 0.25) is 0 Å². The lowest BCUT2D eigenvalue weighted by atomic mass is 9.64. The highest BCUT2D eigenvalue weighted by Crippen LogP contribution is 2.50. The SMILES string of the molecule is NCC1(c2cc(C(F)F)cc3c2OCCO3)CCC1. The van der Waals surface area contributed by atoms with Crippen molar-refractivity contribution in [2.75, 3.05) is 19.8 Å². The normalized spacial score (nSPS) is 20.2. The minimum Gasteiger partial charge on any atom is -0.486 e. The molecule has 1 saturated carbocycles. The molecule has 2 aliphatic rings. The third kappa shape index (κ3) is 1.96. The van der Waals surface area contributed by atoms with Crippen LogP contribution in [0.5, 0.6) is 11.5 Å². The van der Waals surface area contributed by atoms with Crippen LogP contribution in [0.1, 0.15) is 36.8 Å². The Morgan fingerprint density at radius 1 is 1.21 bits per heavy atom. The smallest absolute Gasteiger partial charge is 0.263 e. The maximum atomic E-state index is 13.0. The van der Waals surface area contributed by atoms with Crippen LogP contribution in [-0.4, -0.2) is 19.8 Å². The van der Waals surface area contributed by atoms with Crippen LogP contribution in [0.15, 0.2) is 12.1 Å². The average molecular weight is 269 g/mol. The van der Waals surface area contributed by atoms with E-state index in [1.165, 1.54) is 6.07 Å². The molecular weight excluding hydrogens is 252 g/mol. The highest BCUT2D eigenvalue weighted by molar-refractivity contribution is 5.54. The molecular formula is C14H17F2NO2. The summed E-state index contributed by atoms with van der Waals surface area (Å²) in [6.45, 7) is 1.30. The molecule has 1 aromatic carbocycles. The number of halogens is 2. The molecule has 3 rings (SSSR count). The Labute approximate surface area is 110 Å². The van der Waals surface area contributed by atoms with E-state index in [1.54, 1.807) is 6.07 Å². The van der Waals surface area contributed by atoms with Gasteiger partial charge >= 0.3 is 0 Å². The zero-order chi connectivity index (χ0) is 13.5. The fraction of sp³-hybridized carbons (Fsp3) is 0.571. The fourth-order valence-electron chi connectivity index (χ4n) is 2.88. The highest BCUT2D eigenvalue weighted by atomic mass is 19.3. The van der Waals surface area contributed by atoms with Crippen molar-refractivity contribution in [3.05, 3.63) is 23.3 Å². The topological polar surface area (TPSA) is 44.5 Å². The summed E-state index contributed by atoms with van der Waals surface area (Å²) in [5.41, 5.74) is 6.45. The van der Waals surface area contributed by atoms with Crippen molar-refractivity contribution in [2.45, 2.75) is 31.1 Å². The summed E-state index contributed by atoms with van der Waals surface area (Å²) in [6, 6.07) is 2.93. The van der Waals surface area contributed by atoms with Crippen LogP contribution < -0.4 is 15.2 Å². The van der Waals surface area contributed by atoms with Crippen molar-refractivity contribution in [3.8, 4) is 11.5 Å². The van der Waals surface area contributed by atoms with Gasteiger partial charge in [-0.15, -0.1) is 0 Å². The minimum absolute atomic E-state index is 0.0148. The van der Waals surface area contributed by atoms with Gasteiger partial charge in [-0.2, -0.15) is 0 Å². The van der Waals surface area contributed by atoms with Crippen molar-refractivity contribution >= 4 is 0 Å². The first kappa shape index (κ1) is 12.7. The molecule has 104 valence electrons. The van der Waals surface area contributed by atoms with E-state index >= 15 is 0 Å². The number of hydrogen-bond acceptors (Lipinski definition) is 3. The van der Waals surface area contributed by atoms with Crippen molar-refractivity contribution in [3.63, 3.8) is 0 Å². The summed E-state index contributed by atoms with van der Waals surface area (Å²) in [4.78, 5) is 0. The minimum atomic E-state index is -2.51. The van der Waals surface area contributed by atoms with Crippen LogP contribution in [0.3, 0.4) is 0 Å². The number of rotatable bonds is 3. The van der Waals surface area contributed by atoms with Crippen LogP contribution >= 0.6 is 0 Å². The first-order valence-electron chi connectivity index (χ1n) is 6.58. The summed E-state index contributed by atoms with van der Waals surface area (Å²) in [7, 11) is 0. The molecule has 2 N–H and O–H groups in total. The van der Waals surface area contributed by atoms with E-state index in [4.69, 9.17) is 15.2 Å². The third-order valence-corrected chi connectivity index (χ3v) is 4.19. The number of nitrogens with two attached hydrogens (primary N) is 1. The van der Waals surface area contributed by atoms with Crippen LogP contribution in [0, 0.1) is 0 Å². The molecule has 19 heavy (non-hydrogen) atoms. The van der Waals surface area contributed by atoms with Crippen LogP contribution in [0.4, 0.5) is 8.78 Å². The van der Waals surface area contributed by atoms with E-state index in [9.17, 15) is 8.78 Å². The van der Waals surface area contributed by atoms with Gasteiger partial charge in [0.25, 0.3) is 6.43 Å². The van der Waals surface area contributed by atoms with Crippen LogP contribution in [-0.2, 0) is 5.41 Å². The summed E-state index contributed by atoms with van der Waals surface area (Å²) in [5.74, 6) is 1.04. The van der Waals surface area contributed by atoms with Gasteiger partial charge in [0.05, 0.1) is 0 Å². The van der Waals surface area contributed by atoms with Crippen LogP contribution in [0.2, 0.25) is 0 Å². The molecule has 0 saturated heterocycles. The zero-order valence-corrected chi connectivity index (χ0v) is 10.6. The predicted octanol–water partition coefficient (Wildman–Crippen LogP) is 2.78. The van der Waals surface area contributed by atoms with E-state index in [-0.39, 0.29) is 11.0 Å². The van der Waals surface area contributed by atoms with Crippen LogP contribution in [0.25, 0.3) is 0 Å². The van der Waals surface area contributed by atoms with Gasteiger partial charge in [0.1, 0.15) is 13.2 Å². The molecule has 0 unspecified atom stereocenters. The highest BCUT2D eigenvalue weighted by Gasteiger charge is 2.41. The van der Waals surface area contributed by atoms with Gasteiger partial charge in [0, 0.05) is 23.1 Å². The van der Waals surface area contributed by atoms with Gasteiger partial charge < -0.3 is 15.2 Å². The molecule has 5 heteroatoms. The van der Waals surface area contributed by atoms with Gasteiger partial charge in [0.15, 0.2) is 11.5 Å². The zero-order valence-electron chi connectivity index (χ0n) is 10.6. The molecule has 0 aromatic heterocycles. The molecule has 1 aromatic rings. The Morgan fingerprint density at radius 2 is 1.95 bits per heavy atom. The largest absolute Gasteiger partial charge is 0.486 e. The van der Waals surface area contributed by atoms with Gasteiger partial charge in [-0.25, -0.2) is 8.78 Å². The second kappa shape index (κ2) is 4.63. The second-order valence-electron chi connectivity index (χ2n) is 5.23. The van der Waals surface area contributed by atoms with E-state index < -0.39 is 6.43 Å². The molecule has 0 spiro atoms. The Hall–Kier alpha value is -1.36. The first-order valence-corrected chi connectivity index (χ1v) is 6.58. The number of hydrogen-bond donors (Lipinski definition) is 1. The Bertz CT molecular complexity index is 481. The van der Waals surface area contributed by atoms with Gasteiger partial charge in [-0.1, -0.05) is 6.42 Å². The lowest BCUT2D eigenvalue weighted by Gasteiger charge is -2.43. The summed E-state index contributed by atoms with van der Waals surface area (Å²) >= 11 is 0. The maximum Gasteiger partial charge on any atom is 0.263 e. The number of ether oxygens (including phenoxy) is 2. The molecule has 0 radical (unpaired) electrons. The molecule has 1 heterocycles. The average Bonchev–Trinajstić information content (AvgIpc) is 2.37. The van der Waals surface area contributed by atoms with Crippen molar-refractivity contribution in [2.24, 2.45) is 5.73 Å².